The number of aromatic nitrogens is 1. The lowest BCUT2D eigenvalue weighted by atomic mass is 10.0. The van der Waals surface area contributed by atoms with Gasteiger partial charge in [0.05, 0.1) is 12.1 Å². The molecule has 0 aliphatic carbocycles. The fourth-order valence-corrected chi connectivity index (χ4v) is 4.09. The van der Waals surface area contributed by atoms with Crippen LogP contribution in [0.4, 0.5) is 0 Å². The molecule has 0 saturated carbocycles. The van der Waals surface area contributed by atoms with Gasteiger partial charge in [-0.05, 0) is 37.3 Å². The predicted molar refractivity (Wildman–Crippen MR) is 143 cm³/mol. The van der Waals surface area contributed by atoms with E-state index in [1.165, 1.54) is 6.92 Å². The van der Waals surface area contributed by atoms with E-state index < -0.39 is 59.9 Å². The first-order valence-electron chi connectivity index (χ1n) is 12.7. The number of carbonyl (C=O) groups is 5. The van der Waals surface area contributed by atoms with Gasteiger partial charge in [0, 0.05) is 29.9 Å². The van der Waals surface area contributed by atoms with Crippen LogP contribution in [0.1, 0.15) is 45.6 Å². The molecular weight excluding hydrogens is 508 g/mol. The van der Waals surface area contributed by atoms with Gasteiger partial charge in [-0.1, -0.05) is 32.0 Å². The summed E-state index contributed by atoms with van der Waals surface area (Å²) in [6.45, 7) is 5.06. The number of H-pyrrole nitrogens is 1. The van der Waals surface area contributed by atoms with Crippen LogP contribution in [-0.2, 0) is 30.4 Å². The molecule has 0 aliphatic heterocycles. The molecule has 1 heterocycles. The van der Waals surface area contributed by atoms with E-state index in [1.54, 1.807) is 6.20 Å². The van der Waals surface area contributed by atoms with Gasteiger partial charge in [0.15, 0.2) is 0 Å². The molecule has 13 heteroatoms. The molecule has 10 N–H and O–H groups in total. The zero-order valence-corrected chi connectivity index (χ0v) is 22.3. The number of rotatable bonds is 15. The SMILES string of the molecule is CC(C)CC(N)C(=O)NC(Cc1c[nH]c2ccccc12)C(=O)NC(C(=O)NC(CCC(N)=O)C(=O)O)C(C)O. The van der Waals surface area contributed by atoms with Crippen molar-refractivity contribution in [3.8, 4) is 0 Å². The Kier molecular flexibility index (Phi) is 11.4. The summed E-state index contributed by atoms with van der Waals surface area (Å²) in [5, 5.41) is 27.7. The van der Waals surface area contributed by atoms with Crippen LogP contribution in [0.25, 0.3) is 10.9 Å². The molecule has 0 spiro atoms. The average molecular weight is 547 g/mol. The molecule has 214 valence electrons. The Hall–Kier alpha value is -3.97. The van der Waals surface area contributed by atoms with E-state index in [0.29, 0.717) is 6.42 Å². The highest BCUT2D eigenvalue weighted by atomic mass is 16.4. The monoisotopic (exact) mass is 546 g/mol. The molecule has 2 rings (SSSR count). The summed E-state index contributed by atoms with van der Waals surface area (Å²) in [5.74, 6) is -4.35. The molecule has 5 unspecified atom stereocenters. The summed E-state index contributed by atoms with van der Waals surface area (Å²) in [6.07, 6.45) is 0.142. The van der Waals surface area contributed by atoms with E-state index in [0.717, 1.165) is 16.5 Å². The maximum Gasteiger partial charge on any atom is 0.326 e. The van der Waals surface area contributed by atoms with E-state index in [9.17, 15) is 34.2 Å². The van der Waals surface area contributed by atoms with Crippen LogP contribution >= 0.6 is 0 Å². The second kappa shape index (κ2) is 14.3. The second-order valence-electron chi connectivity index (χ2n) is 9.99. The predicted octanol–water partition coefficient (Wildman–Crippen LogP) is -0.731. The first-order chi connectivity index (χ1) is 18.3. The zero-order valence-electron chi connectivity index (χ0n) is 22.3. The van der Waals surface area contributed by atoms with Gasteiger partial charge < -0.3 is 42.6 Å². The van der Waals surface area contributed by atoms with Gasteiger partial charge in [0.25, 0.3) is 0 Å². The minimum absolute atomic E-state index is 0.0422. The second-order valence-corrected chi connectivity index (χ2v) is 9.99. The molecule has 4 amide bonds. The Labute approximate surface area is 226 Å². The number of hydrogen-bond donors (Lipinski definition) is 8. The number of aromatic amines is 1. The molecule has 2 aromatic rings. The van der Waals surface area contributed by atoms with Crippen molar-refractivity contribution < 1.29 is 34.2 Å². The fraction of sp³-hybridized carbons (Fsp3) is 0.500. The quantitative estimate of drug-likeness (QED) is 0.142. The number of aliphatic carboxylic acids is 1. The van der Waals surface area contributed by atoms with Gasteiger partial charge in [0.2, 0.25) is 23.6 Å². The lowest BCUT2D eigenvalue weighted by Gasteiger charge is -2.26. The number of amides is 4. The number of hydrogen-bond acceptors (Lipinski definition) is 7. The highest BCUT2D eigenvalue weighted by Gasteiger charge is 2.33. The van der Waals surface area contributed by atoms with Crippen molar-refractivity contribution in [1.82, 2.24) is 20.9 Å². The summed E-state index contributed by atoms with van der Waals surface area (Å²) in [7, 11) is 0. The summed E-state index contributed by atoms with van der Waals surface area (Å²) < 4.78 is 0. The van der Waals surface area contributed by atoms with Crippen LogP contribution in [-0.4, -0.2) is 75.1 Å². The number of fused-ring (bicyclic) bond motifs is 1. The number of aliphatic hydroxyl groups is 1. The van der Waals surface area contributed by atoms with Gasteiger partial charge >= 0.3 is 5.97 Å². The van der Waals surface area contributed by atoms with E-state index in [2.05, 4.69) is 20.9 Å². The Bertz CT molecular complexity index is 1180. The Morgan fingerprint density at radius 2 is 1.59 bits per heavy atom. The number of carboxylic acids is 1. The highest BCUT2D eigenvalue weighted by Crippen LogP contribution is 2.19. The van der Waals surface area contributed by atoms with Gasteiger partial charge in [0.1, 0.15) is 18.1 Å². The Morgan fingerprint density at radius 3 is 2.18 bits per heavy atom. The van der Waals surface area contributed by atoms with Crippen LogP contribution in [0, 0.1) is 5.92 Å². The first kappa shape index (κ1) is 31.2. The third-order valence-corrected chi connectivity index (χ3v) is 6.15. The van der Waals surface area contributed by atoms with Gasteiger partial charge in [-0.15, -0.1) is 0 Å². The molecule has 0 fully saturated rings. The lowest BCUT2D eigenvalue weighted by molar-refractivity contribution is -0.143. The topological polar surface area (TPSA) is 230 Å². The van der Waals surface area contributed by atoms with E-state index in [1.807, 2.05) is 38.1 Å². The molecule has 1 aromatic carbocycles. The normalized spacial score (nSPS) is 15.1. The van der Waals surface area contributed by atoms with Crippen molar-refractivity contribution >= 4 is 40.5 Å². The van der Waals surface area contributed by atoms with Gasteiger partial charge in [-0.2, -0.15) is 0 Å². The van der Waals surface area contributed by atoms with E-state index in [4.69, 9.17) is 11.5 Å². The maximum atomic E-state index is 13.4. The van der Waals surface area contributed by atoms with Gasteiger partial charge in [-0.3, -0.25) is 19.2 Å². The first-order valence-corrected chi connectivity index (χ1v) is 12.7. The number of carbonyl (C=O) groups excluding carboxylic acids is 4. The summed E-state index contributed by atoms with van der Waals surface area (Å²) >= 11 is 0. The molecule has 0 aliphatic rings. The number of benzene rings is 1. The zero-order chi connectivity index (χ0) is 29.3. The molecule has 1 aromatic heterocycles. The summed E-state index contributed by atoms with van der Waals surface area (Å²) in [6, 6.07) is 2.31. The molecule has 13 nitrogen and oxygen atoms in total. The molecule has 0 bridgehead atoms. The maximum absolute atomic E-state index is 13.4. The molecule has 0 radical (unpaired) electrons. The van der Waals surface area contributed by atoms with Crippen LogP contribution in [0.15, 0.2) is 30.5 Å². The molecule has 5 atom stereocenters. The largest absolute Gasteiger partial charge is 0.480 e. The van der Waals surface area contributed by atoms with Gasteiger partial charge in [-0.25, -0.2) is 4.79 Å². The number of nitrogens with one attached hydrogen (secondary N) is 4. The van der Waals surface area contributed by atoms with Crippen molar-refractivity contribution in [2.24, 2.45) is 17.4 Å². The average Bonchev–Trinajstić information content (AvgIpc) is 3.26. The number of carboxylic acid groups (broad SMARTS) is 1. The fourth-order valence-electron chi connectivity index (χ4n) is 4.09. The Balaban J connectivity index is 2.27. The van der Waals surface area contributed by atoms with Crippen molar-refractivity contribution in [3.05, 3.63) is 36.0 Å². The van der Waals surface area contributed by atoms with Crippen LogP contribution < -0.4 is 27.4 Å². The van der Waals surface area contributed by atoms with Crippen LogP contribution in [0.5, 0.6) is 0 Å². The minimum Gasteiger partial charge on any atom is -0.480 e. The number of aliphatic hydroxyl groups excluding tert-OH is 1. The number of nitrogens with two attached hydrogens (primary N) is 2. The standard InChI is InChI=1S/C26H38N6O7/c1-13(2)10-17(27)23(35)31-20(11-15-12-29-18-7-5-4-6-16(15)18)24(36)32-22(14(3)33)25(37)30-19(26(38)39)8-9-21(28)34/h4-7,12-14,17,19-20,22,29,33H,8-11,27H2,1-3H3,(H2,28,34)(H,30,37)(H,31,35)(H,32,36)(H,38,39). The third-order valence-electron chi connectivity index (χ3n) is 6.15. The van der Waals surface area contributed by atoms with Crippen LogP contribution in [0.2, 0.25) is 0 Å². The number of para-hydroxylation sites is 1. The van der Waals surface area contributed by atoms with Crippen molar-refractivity contribution in [2.45, 2.75) is 76.7 Å². The summed E-state index contributed by atoms with van der Waals surface area (Å²) in [4.78, 5) is 64.8. The number of primary amides is 1. The lowest BCUT2D eigenvalue weighted by Crippen LogP contribution is -2.60. The minimum atomic E-state index is -1.56. The van der Waals surface area contributed by atoms with Crippen molar-refractivity contribution in [3.63, 3.8) is 0 Å². The molecule has 0 saturated heterocycles. The highest BCUT2D eigenvalue weighted by molar-refractivity contribution is 5.95. The van der Waals surface area contributed by atoms with Crippen LogP contribution in [0.3, 0.4) is 0 Å². The smallest absolute Gasteiger partial charge is 0.326 e. The molecular formula is C26H38N6O7. The third kappa shape index (κ3) is 9.37. The Morgan fingerprint density at radius 1 is 0.949 bits per heavy atom. The molecule has 39 heavy (non-hydrogen) atoms. The van der Waals surface area contributed by atoms with Crippen molar-refractivity contribution in [1.29, 1.82) is 0 Å². The summed E-state index contributed by atoms with van der Waals surface area (Å²) in [5.41, 5.74) is 12.6. The van der Waals surface area contributed by atoms with E-state index in [-0.39, 0.29) is 25.2 Å². The van der Waals surface area contributed by atoms with E-state index >= 15 is 0 Å². The van der Waals surface area contributed by atoms with Crippen molar-refractivity contribution in [2.75, 3.05) is 0 Å².